The number of rotatable bonds is 1. The van der Waals surface area contributed by atoms with Crippen LogP contribution in [-0.4, -0.2) is 33.9 Å². The highest BCUT2D eigenvalue weighted by Crippen LogP contribution is 2.32. The van der Waals surface area contributed by atoms with E-state index in [1.807, 2.05) is 0 Å². The van der Waals surface area contributed by atoms with E-state index in [0.717, 1.165) is 0 Å². The van der Waals surface area contributed by atoms with Crippen molar-refractivity contribution in [2.45, 2.75) is 19.4 Å². The summed E-state index contributed by atoms with van der Waals surface area (Å²) < 4.78 is 0.473. The van der Waals surface area contributed by atoms with Gasteiger partial charge >= 0.3 is 0 Å². The Balaban J connectivity index is 2.51. The third kappa shape index (κ3) is 1.92. The molecule has 0 aliphatic carbocycles. The first-order chi connectivity index (χ1) is 8.34. The van der Waals surface area contributed by atoms with Crippen molar-refractivity contribution < 1.29 is 9.59 Å². The number of nitrogens with one attached hydrogen (secondary N) is 1. The minimum Gasteiger partial charge on any atom is -0.383 e. The molecule has 1 saturated heterocycles. The van der Waals surface area contributed by atoms with Crippen molar-refractivity contribution in [1.29, 1.82) is 0 Å². The first-order valence-electron chi connectivity index (χ1n) is 5.22. The van der Waals surface area contributed by atoms with Crippen LogP contribution in [0.1, 0.15) is 13.8 Å². The monoisotopic (exact) mass is 313 g/mol. The zero-order valence-corrected chi connectivity index (χ0v) is 11.5. The fraction of sp³-hybridized carbons (Fsp3) is 0.400. The Morgan fingerprint density at radius 3 is 2.78 bits per heavy atom. The van der Waals surface area contributed by atoms with E-state index in [1.54, 1.807) is 18.7 Å². The zero-order valence-electron chi connectivity index (χ0n) is 9.90. The molecule has 1 aromatic heterocycles. The molecule has 1 fully saturated rings. The van der Waals surface area contributed by atoms with E-state index in [-0.39, 0.29) is 24.2 Å². The summed E-state index contributed by atoms with van der Waals surface area (Å²) in [6, 6.07) is 0. The molecule has 96 valence electrons. The summed E-state index contributed by atoms with van der Waals surface area (Å²) in [4.78, 5) is 32.8. The van der Waals surface area contributed by atoms with E-state index in [4.69, 9.17) is 5.73 Å². The van der Waals surface area contributed by atoms with Crippen LogP contribution in [0.5, 0.6) is 0 Å². The maximum atomic E-state index is 11.8. The van der Waals surface area contributed by atoms with Crippen molar-refractivity contribution in [2.24, 2.45) is 0 Å². The summed E-state index contributed by atoms with van der Waals surface area (Å²) in [5.74, 6) is -0.0591. The number of nitrogens with two attached hydrogens (primary N) is 1. The number of carbonyl (C=O) groups excluding carboxylic acids is 2. The summed E-state index contributed by atoms with van der Waals surface area (Å²) in [7, 11) is 0. The second kappa shape index (κ2) is 4.20. The van der Waals surface area contributed by atoms with E-state index in [1.165, 1.54) is 6.33 Å². The number of nitrogen functional groups attached to an aromatic ring is 1. The molecule has 8 heteroatoms. The van der Waals surface area contributed by atoms with Gasteiger partial charge in [-0.05, 0) is 29.8 Å². The van der Waals surface area contributed by atoms with Crippen LogP contribution in [-0.2, 0) is 9.59 Å². The van der Waals surface area contributed by atoms with E-state index < -0.39 is 5.54 Å². The maximum Gasteiger partial charge on any atom is 0.251 e. The van der Waals surface area contributed by atoms with Crippen LogP contribution in [0.2, 0.25) is 0 Å². The summed E-state index contributed by atoms with van der Waals surface area (Å²) in [6.07, 6.45) is 1.29. The van der Waals surface area contributed by atoms with Gasteiger partial charge in [-0.15, -0.1) is 0 Å². The van der Waals surface area contributed by atoms with Gasteiger partial charge < -0.3 is 10.6 Å². The van der Waals surface area contributed by atoms with Crippen molar-refractivity contribution in [3.8, 4) is 0 Å². The fourth-order valence-corrected chi connectivity index (χ4v) is 2.10. The molecular formula is C10H12BrN5O2. The number of halogens is 1. The number of nitrogens with zero attached hydrogens (tertiary/aromatic N) is 3. The molecule has 0 radical (unpaired) electrons. The summed E-state index contributed by atoms with van der Waals surface area (Å²) in [5.41, 5.74) is 4.78. The van der Waals surface area contributed by atoms with Crippen LogP contribution in [0.15, 0.2) is 10.8 Å². The molecule has 2 rings (SSSR count). The van der Waals surface area contributed by atoms with Gasteiger partial charge in [-0.1, -0.05) is 0 Å². The maximum absolute atomic E-state index is 11.8. The average Bonchev–Trinajstić information content (AvgIpc) is 2.28. The highest BCUT2D eigenvalue weighted by atomic mass is 79.9. The Bertz CT molecular complexity index is 531. The van der Waals surface area contributed by atoms with Crippen LogP contribution in [0.3, 0.4) is 0 Å². The molecule has 0 saturated carbocycles. The fourth-order valence-electron chi connectivity index (χ4n) is 1.68. The van der Waals surface area contributed by atoms with Gasteiger partial charge in [-0.2, -0.15) is 0 Å². The third-order valence-electron chi connectivity index (χ3n) is 2.84. The van der Waals surface area contributed by atoms with Gasteiger partial charge in [-0.3, -0.25) is 14.9 Å². The van der Waals surface area contributed by atoms with Crippen molar-refractivity contribution in [3.63, 3.8) is 0 Å². The molecule has 1 aromatic rings. The molecule has 0 aromatic carbocycles. The second-order valence-corrected chi connectivity index (χ2v) is 5.21. The van der Waals surface area contributed by atoms with Crippen molar-refractivity contribution in [2.75, 3.05) is 17.2 Å². The highest BCUT2D eigenvalue weighted by Gasteiger charge is 2.42. The lowest BCUT2D eigenvalue weighted by molar-refractivity contribution is -0.135. The van der Waals surface area contributed by atoms with Crippen molar-refractivity contribution >= 4 is 39.4 Å². The Morgan fingerprint density at radius 2 is 2.11 bits per heavy atom. The lowest BCUT2D eigenvalue weighted by Gasteiger charge is -2.41. The SMILES string of the molecule is CC1(C)C(=O)NC(=O)CN1c1ncnc(N)c1Br. The van der Waals surface area contributed by atoms with E-state index >= 15 is 0 Å². The number of hydrogen-bond donors (Lipinski definition) is 2. The Labute approximate surface area is 112 Å². The van der Waals surface area contributed by atoms with Crippen molar-refractivity contribution in [1.82, 2.24) is 15.3 Å². The minimum absolute atomic E-state index is 0.0355. The Kier molecular flexibility index (Phi) is 2.97. The first-order valence-corrected chi connectivity index (χ1v) is 6.01. The number of aromatic nitrogens is 2. The largest absolute Gasteiger partial charge is 0.383 e. The van der Waals surface area contributed by atoms with Crippen LogP contribution in [0.25, 0.3) is 0 Å². The smallest absolute Gasteiger partial charge is 0.251 e. The van der Waals surface area contributed by atoms with Gasteiger partial charge in [0, 0.05) is 0 Å². The minimum atomic E-state index is -0.892. The molecule has 0 spiro atoms. The van der Waals surface area contributed by atoms with E-state index in [2.05, 4.69) is 31.2 Å². The lowest BCUT2D eigenvalue weighted by Crippen LogP contribution is -2.64. The number of anilines is 2. The van der Waals surface area contributed by atoms with Gasteiger partial charge in [-0.25, -0.2) is 9.97 Å². The van der Waals surface area contributed by atoms with Gasteiger partial charge in [0.05, 0.1) is 6.54 Å². The molecule has 1 aliphatic rings. The molecule has 2 heterocycles. The normalized spacial score (nSPS) is 18.7. The lowest BCUT2D eigenvalue weighted by atomic mass is 9.99. The standard InChI is InChI=1S/C10H12BrN5O2/c1-10(2)9(18)15-5(17)3-16(10)8-6(11)7(12)13-4-14-8/h4H,3H2,1-2H3,(H2,12,13,14)(H,15,17,18). The summed E-state index contributed by atoms with van der Waals surface area (Å²) in [5, 5.41) is 2.29. The van der Waals surface area contributed by atoms with E-state index in [0.29, 0.717) is 10.3 Å². The van der Waals surface area contributed by atoms with Crippen LogP contribution < -0.4 is 16.0 Å². The summed E-state index contributed by atoms with van der Waals surface area (Å²) >= 11 is 3.27. The van der Waals surface area contributed by atoms with Crippen LogP contribution >= 0.6 is 15.9 Å². The van der Waals surface area contributed by atoms with Gasteiger partial charge in [0.1, 0.15) is 28.0 Å². The molecule has 0 unspecified atom stereocenters. The summed E-state index contributed by atoms with van der Waals surface area (Å²) in [6.45, 7) is 3.45. The molecule has 7 nitrogen and oxygen atoms in total. The number of piperazine rings is 1. The molecular weight excluding hydrogens is 302 g/mol. The predicted molar refractivity (Wildman–Crippen MR) is 68.7 cm³/mol. The number of hydrogen-bond acceptors (Lipinski definition) is 6. The third-order valence-corrected chi connectivity index (χ3v) is 3.60. The predicted octanol–water partition coefficient (Wildman–Crippen LogP) is 0.0627. The topological polar surface area (TPSA) is 101 Å². The first kappa shape index (κ1) is 12.7. The van der Waals surface area contributed by atoms with Crippen molar-refractivity contribution in [3.05, 3.63) is 10.8 Å². The zero-order chi connectivity index (χ0) is 13.5. The Morgan fingerprint density at radius 1 is 1.44 bits per heavy atom. The molecule has 0 atom stereocenters. The molecule has 0 bridgehead atoms. The van der Waals surface area contributed by atoms with Gasteiger partial charge in [0.2, 0.25) is 5.91 Å². The molecule has 2 amide bonds. The molecule has 1 aliphatic heterocycles. The second-order valence-electron chi connectivity index (χ2n) is 4.42. The average molecular weight is 314 g/mol. The molecule has 3 N–H and O–H groups in total. The Hall–Kier alpha value is -1.70. The highest BCUT2D eigenvalue weighted by molar-refractivity contribution is 9.10. The van der Waals surface area contributed by atoms with Gasteiger partial charge in [0.15, 0.2) is 0 Å². The van der Waals surface area contributed by atoms with E-state index in [9.17, 15) is 9.59 Å². The van der Waals surface area contributed by atoms with Crippen LogP contribution in [0.4, 0.5) is 11.6 Å². The van der Waals surface area contributed by atoms with Crippen LogP contribution in [0, 0.1) is 0 Å². The van der Waals surface area contributed by atoms with Gasteiger partial charge in [0.25, 0.3) is 5.91 Å². The quantitative estimate of drug-likeness (QED) is 0.711. The molecule has 18 heavy (non-hydrogen) atoms. The number of imide groups is 1. The number of carbonyl (C=O) groups is 2. The number of amides is 2.